The van der Waals surface area contributed by atoms with Crippen LogP contribution in [0.5, 0.6) is 0 Å². The molecule has 1 aliphatic heterocycles. The second-order valence-electron chi connectivity index (χ2n) is 5.34. The number of likely N-dealkylation sites (N-methyl/N-ethyl adjacent to an activating group) is 1. The van der Waals surface area contributed by atoms with Crippen molar-refractivity contribution in [2.75, 3.05) is 33.2 Å². The highest BCUT2D eigenvalue weighted by molar-refractivity contribution is 14.0. The van der Waals surface area contributed by atoms with Crippen LogP contribution in [0.25, 0.3) is 0 Å². The van der Waals surface area contributed by atoms with Crippen LogP contribution in [0.1, 0.15) is 19.8 Å². The molecule has 6 heteroatoms. The van der Waals surface area contributed by atoms with Crippen molar-refractivity contribution in [2.45, 2.75) is 32.4 Å². The lowest BCUT2D eigenvalue weighted by atomic mass is 10.2. The van der Waals surface area contributed by atoms with Gasteiger partial charge in [0.2, 0.25) is 0 Å². The van der Waals surface area contributed by atoms with Gasteiger partial charge in [0, 0.05) is 38.1 Å². The molecule has 1 fully saturated rings. The van der Waals surface area contributed by atoms with E-state index in [2.05, 4.69) is 58.6 Å². The first-order chi connectivity index (χ1) is 9.79. The van der Waals surface area contributed by atoms with E-state index in [1.165, 1.54) is 19.4 Å². The molecule has 0 amide bonds. The zero-order valence-corrected chi connectivity index (χ0v) is 15.4. The molecule has 120 valence electrons. The second-order valence-corrected chi connectivity index (χ2v) is 5.34. The van der Waals surface area contributed by atoms with Crippen LogP contribution in [0, 0.1) is 0 Å². The first kappa shape index (κ1) is 18.3. The van der Waals surface area contributed by atoms with Crippen LogP contribution in [0.2, 0.25) is 0 Å². The molecule has 1 aliphatic rings. The maximum absolute atomic E-state index is 4.71. The normalized spacial score (nSPS) is 19.3. The molecule has 1 aromatic rings. The molecule has 1 saturated heterocycles. The summed E-state index contributed by atoms with van der Waals surface area (Å²) in [6.07, 6.45) is 6.73. The Labute approximate surface area is 145 Å². The van der Waals surface area contributed by atoms with Gasteiger partial charge in [0.05, 0.1) is 6.54 Å². The van der Waals surface area contributed by atoms with Gasteiger partial charge >= 0.3 is 0 Å². The van der Waals surface area contributed by atoms with E-state index in [9.17, 15) is 0 Å². The first-order valence-corrected chi connectivity index (χ1v) is 7.62. The van der Waals surface area contributed by atoms with E-state index in [1.54, 1.807) is 0 Å². The van der Waals surface area contributed by atoms with E-state index in [-0.39, 0.29) is 24.0 Å². The summed E-state index contributed by atoms with van der Waals surface area (Å²) in [6.45, 7) is 6.94. The Kier molecular flexibility index (Phi) is 8.75. The van der Waals surface area contributed by atoms with Crippen LogP contribution in [-0.2, 0) is 6.54 Å². The van der Waals surface area contributed by atoms with Crippen molar-refractivity contribution in [3.8, 4) is 0 Å². The van der Waals surface area contributed by atoms with Crippen molar-refractivity contribution in [1.82, 2.24) is 20.1 Å². The minimum absolute atomic E-state index is 0. The molecule has 1 aromatic heterocycles. The number of nitrogens with one attached hydrogen (secondary N) is 2. The zero-order chi connectivity index (χ0) is 14.2. The summed E-state index contributed by atoms with van der Waals surface area (Å²) in [5.74, 6) is 0.931. The molecule has 2 rings (SSSR count). The standard InChI is InChI=1S/C15H27N5.HI/c1-3-16-15(17-8-12-20-10-4-5-11-20)18-13-14-7-6-9-19(14)2;/h4-5,10-11,14H,3,6-9,12-13H2,1-2H3,(H2,16,17,18);1H. The lowest BCUT2D eigenvalue weighted by molar-refractivity contribution is 0.317. The van der Waals surface area contributed by atoms with E-state index in [1.807, 2.05) is 0 Å². The van der Waals surface area contributed by atoms with Gasteiger partial charge in [-0.2, -0.15) is 0 Å². The van der Waals surface area contributed by atoms with Gasteiger partial charge in [-0.3, -0.25) is 4.99 Å². The Morgan fingerprint density at radius 2 is 2.05 bits per heavy atom. The lowest BCUT2D eigenvalue weighted by Gasteiger charge is -2.18. The van der Waals surface area contributed by atoms with Gasteiger partial charge in [0.15, 0.2) is 5.96 Å². The summed E-state index contributed by atoms with van der Waals surface area (Å²) in [5, 5.41) is 6.71. The number of hydrogen-bond acceptors (Lipinski definition) is 2. The summed E-state index contributed by atoms with van der Waals surface area (Å²) < 4.78 is 2.17. The third kappa shape index (κ3) is 6.25. The molecule has 0 spiro atoms. The zero-order valence-electron chi connectivity index (χ0n) is 13.1. The van der Waals surface area contributed by atoms with E-state index < -0.39 is 0 Å². The van der Waals surface area contributed by atoms with Crippen LogP contribution in [-0.4, -0.2) is 54.7 Å². The van der Waals surface area contributed by atoms with E-state index in [0.717, 1.165) is 32.1 Å². The number of nitrogens with zero attached hydrogens (tertiary/aromatic N) is 3. The fraction of sp³-hybridized carbons (Fsp3) is 0.667. The molecule has 21 heavy (non-hydrogen) atoms. The first-order valence-electron chi connectivity index (χ1n) is 7.62. The smallest absolute Gasteiger partial charge is 0.191 e. The predicted molar refractivity (Wildman–Crippen MR) is 99.5 cm³/mol. The molecule has 0 aliphatic carbocycles. The minimum Gasteiger partial charge on any atom is -0.357 e. The van der Waals surface area contributed by atoms with Crippen molar-refractivity contribution in [2.24, 2.45) is 4.99 Å². The largest absolute Gasteiger partial charge is 0.357 e. The van der Waals surface area contributed by atoms with E-state index in [0.29, 0.717) is 6.04 Å². The highest BCUT2D eigenvalue weighted by Gasteiger charge is 2.20. The Hall–Kier alpha value is -0.760. The SMILES string of the molecule is CCNC(=NCC1CCCN1C)NCCn1cccc1.I. The minimum atomic E-state index is 0. The molecule has 0 bridgehead atoms. The number of likely N-dealkylation sites (tertiary alicyclic amines) is 1. The number of rotatable bonds is 6. The van der Waals surface area contributed by atoms with Crippen LogP contribution in [0.15, 0.2) is 29.5 Å². The average molecular weight is 405 g/mol. The van der Waals surface area contributed by atoms with E-state index >= 15 is 0 Å². The Balaban J connectivity index is 0.00000220. The molecule has 2 N–H and O–H groups in total. The summed E-state index contributed by atoms with van der Waals surface area (Å²) in [7, 11) is 2.19. The van der Waals surface area contributed by atoms with E-state index in [4.69, 9.17) is 4.99 Å². The number of aromatic nitrogens is 1. The molecule has 2 heterocycles. The average Bonchev–Trinajstić information content (AvgIpc) is 3.08. The van der Waals surface area contributed by atoms with Crippen molar-refractivity contribution in [1.29, 1.82) is 0 Å². The topological polar surface area (TPSA) is 44.6 Å². The van der Waals surface area contributed by atoms with Gasteiger partial charge in [-0.25, -0.2) is 0 Å². The molecular formula is C15H28IN5. The van der Waals surface area contributed by atoms with Gasteiger partial charge in [-0.15, -0.1) is 24.0 Å². The van der Waals surface area contributed by atoms with Gasteiger partial charge in [-0.05, 0) is 45.5 Å². The molecular weight excluding hydrogens is 377 g/mol. The van der Waals surface area contributed by atoms with Crippen molar-refractivity contribution >= 4 is 29.9 Å². The molecule has 5 nitrogen and oxygen atoms in total. The summed E-state index contributed by atoms with van der Waals surface area (Å²) in [4.78, 5) is 7.12. The van der Waals surface area contributed by atoms with Gasteiger partial charge in [-0.1, -0.05) is 0 Å². The number of guanidine groups is 1. The van der Waals surface area contributed by atoms with Gasteiger partial charge in [0.25, 0.3) is 0 Å². The molecule has 0 radical (unpaired) electrons. The summed E-state index contributed by atoms with van der Waals surface area (Å²) in [5.41, 5.74) is 0. The number of aliphatic imine (C=N–C) groups is 1. The molecule has 1 atom stereocenters. The van der Waals surface area contributed by atoms with Crippen LogP contribution in [0.3, 0.4) is 0 Å². The van der Waals surface area contributed by atoms with Crippen molar-refractivity contribution < 1.29 is 0 Å². The molecule has 0 aromatic carbocycles. The number of hydrogen-bond donors (Lipinski definition) is 2. The van der Waals surface area contributed by atoms with Gasteiger partial charge < -0.3 is 20.1 Å². The highest BCUT2D eigenvalue weighted by Crippen LogP contribution is 2.14. The predicted octanol–water partition coefficient (Wildman–Crippen LogP) is 1.76. The molecule has 0 saturated carbocycles. The highest BCUT2D eigenvalue weighted by atomic mass is 127. The Morgan fingerprint density at radius 1 is 1.29 bits per heavy atom. The fourth-order valence-electron chi connectivity index (χ4n) is 2.57. The van der Waals surface area contributed by atoms with Crippen LogP contribution >= 0.6 is 24.0 Å². The quantitative estimate of drug-likeness (QED) is 0.431. The summed E-state index contributed by atoms with van der Waals surface area (Å²) in [6, 6.07) is 4.71. The Morgan fingerprint density at radius 3 is 2.67 bits per heavy atom. The summed E-state index contributed by atoms with van der Waals surface area (Å²) >= 11 is 0. The van der Waals surface area contributed by atoms with Crippen LogP contribution < -0.4 is 10.6 Å². The maximum atomic E-state index is 4.71. The fourth-order valence-corrected chi connectivity index (χ4v) is 2.57. The third-order valence-corrected chi connectivity index (χ3v) is 3.80. The van der Waals surface area contributed by atoms with Crippen LogP contribution in [0.4, 0.5) is 0 Å². The third-order valence-electron chi connectivity index (χ3n) is 3.80. The van der Waals surface area contributed by atoms with Gasteiger partial charge in [0.1, 0.15) is 0 Å². The second kappa shape index (κ2) is 10.0. The molecule has 1 unspecified atom stereocenters. The Bertz CT molecular complexity index is 404. The monoisotopic (exact) mass is 405 g/mol. The van der Waals surface area contributed by atoms with Crippen molar-refractivity contribution in [3.63, 3.8) is 0 Å². The number of halogens is 1. The van der Waals surface area contributed by atoms with Crippen molar-refractivity contribution in [3.05, 3.63) is 24.5 Å². The maximum Gasteiger partial charge on any atom is 0.191 e. The lowest BCUT2D eigenvalue weighted by Crippen LogP contribution is -2.40.